The van der Waals surface area contributed by atoms with Gasteiger partial charge in [0.25, 0.3) is 0 Å². The third kappa shape index (κ3) is 4.62. The second kappa shape index (κ2) is 8.23. The van der Waals surface area contributed by atoms with Gasteiger partial charge >= 0.3 is 0 Å². The van der Waals surface area contributed by atoms with Crippen molar-refractivity contribution in [2.24, 2.45) is 0 Å². The van der Waals surface area contributed by atoms with E-state index in [9.17, 15) is 4.79 Å². The lowest BCUT2D eigenvalue weighted by Gasteiger charge is -2.14. The molecule has 2 aromatic rings. The number of para-hydroxylation sites is 2. The Kier molecular flexibility index (Phi) is 6.01. The molecule has 0 radical (unpaired) electrons. The number of carbonyl (C=O) groups excluding carboxylic acids is 1. The maximum absolute atomic E-state index is 12.3. The predicted molar refractivity (Wildman–Crippen MR) is 90.3 cm³/mol. The summed E-state index contributed by atoms with van der Waals surface area (Å²) < 4.78 is 5.66. The highest BCUT2D eigenvalue weighted by Gasteiger charge is 2.13. The monoisotopic (exact) mass is 297 g/mol. The Morgan fingerprint density at radius 2 is 1.77 bits per heavy atom. The number of nitrogens with one attached hydrogen (secondary N) is 1. The number of benzene rings is 2. The fourth-order valence-electron chi connectivity index (χ4n) is 2.29. The van der Waals surface area contributed by atoms with Gasteiger partial charge in [-0.2, -0.15) is 0 Å². The van der Waals surface area contributed by atoms with Crippen LogP contribution in [0, 0.1) is 0 Å². The van der Waals surface area contributed by atoms with Gasteiger partial charge in [0.05, 0.1) is 12.3 Å². The number of anilines is 1. The Morgan fingerprint density at radius 3 is 2.50 bits per heavy atom. The Bertz CT molecular complexity index is 595. The van der Waals surface area contributed by atoms with Crippen molar-refractivity contribution in [2.75, 3.05) is 11.9 Å². The van der Waals surface area contributed by atoms with Crippen LogP contribution in [0.2, 0.25) is 0 Å². The summed E-state index contributed by atoms with van der Waals surface area (Å²) >= 11 is 0. The van der Waals surface area contributed by atoms with Crippen molar-refractivity contribution in [3.05, 3.63) is 60.2 Å². The van der Waals surface area contributed by atoms with Crippen LogP contribution in [0.25, 0.3) is 0 Å². The summed E-state index contributed by atoms with van der Waals surface area (Å²) in [6.07, 6.45) is 1.39. The lowest BCUT2D eigenvalue weighted by molar-refractivity contribution is -0.116. The Labute approximate surface area is 132 Å². The van der Waals surface area contributed by atoms with E-state index in [1.165, 1.54) is 5.56 Å². The fourth-order valence-corrected chi connectivity index (χ4v) is 2.29. The van der Waals surface area contributed by atoms with E-state index in [1.807, 2.05) is 42.5 Å². The number of carbonyl (C=O) groups is 1. The van der Waals surface area contributed by atoms with Crippen LogP contribution in [0.1, 0.15) is 38.2 Å². The van der Waals surface area contributed by atoms with Gasteiger partial charge in [0.1, 0.15) is 5.75 Å². The molecule has 0 spiro atoms. The fraction of sp³-hybridized carbons (Fsp3) is 0.316. The molecule has 1 unspecified atom stereocenters. The third-order valence-electron chi connectivity index (χ3n) is 3.48. The molecule has 3 nitrogen and oxygen atoms in total. The molecule has 0 saturated carbocycles. The molecule has 2 rings (SSSR count). The van der Waals surface area contributed by atoms with Gasteiger partial charge in [-0.1, -0.05) is 56.3 Å². The van der Waals surface area contributed by atoms with E-state index in [1.54, 1.807) is 0 Å². The van der Waals surface area contributed by atoms with E-state index >= 15 is 0 Å². The van der Waals surface area contributed by atoms with Crippen LogP contribution in [0.15, 0.2) is 54.6 Å². The lowest BCUT2D eigenvalue weighted by atomic mass is 9.97. The zero-order valence-electron chi connectivity index (χ0n) is 13.2. The number of amides is 1. The van der Waals surface area contributed by atoms with E-state index in [0.29, 0.717) is 13.0 Å². The number of ether oxygens (including phenoxy) is 1. The Hall–Kier alpha value is -2.29. The van der Waals surface area contributed by atoms with Gasteiger partial charge in [-0.15, -0.1) is 0 Å². The maximum Gasteiger partial charge on any atom is 0.225 e. The van der Waals surface area contributed by atoms with Gasteiger partial charge in [-0.3, -0.25) is 4.79 Å². The molecular formula is C19H23NO2. The number of hydrogen-bond acceptors (Lipinski definition) is 2. The topological polar surface area (TPSA) is 38.3 Å². The third-order valence-corrected chi connectivity index (χ3v) is 3.48. The van der Waals surface area contributed by atoms with Crippen molar-refractivity contribution in [1.29, 1.82) is 0 Å². The number of rotatable bonds is 7. The molecule has 1 amide bonds. The van der Waals surface area contributed by atoms with Gasteiger partial charge in [-0.25, -0.2) is 0 Å². The zero-order chi connectivity index (χ0) is 15.8. The molecule has 1 N–H and O–H groups in total. The summed E-state index contributed by atoms with van der Waals surface area (Å²) in [6.45, 7) is 4.77. The van der Waals surface area contributed by atoms with Crippen molar-refractivity contribution in [3.8, 4) is 5.75 Å². The summed E-state index contributed by atoms with van der Waals surface area (Å²) in [5, 5.41) is 2.96. The second-order valence-electron chi connectivity index (χ2n) is 5.41. The lowest BCUT2D eigenvalue weighted by Crippen LogP contribution is -2.15. The minimum atomic E-state index is 0.00361. The van der Waals surface area contributed by atoms with Gasteiger partial charge in [-0.05, 0) is 30.0 Å². The van der Waals surface area contributed by atoms with Crippen LogP contribution in [0.4, 0.5) is 5.69 Å². The number of hydrogen-bond donors (Lipinski definition) is 1. The molecule has 0 aliphatic heterocycles. The molecule has 1 atom stereocenters. The second-order valence-corrected chi connectivity index (χ2v) is 5.41. The summed E-state index contributed by atoms with van der Waals surface area (Å²) in [4.78, 5) is 12.3. The van der Waals surface area contributed by atoms with Crippen LogP contribution in [-0.4, -0.2) is 12.5 Å². The van der Waals surface area contributed by atoms with E-state index in [4.69, 9.17) is 4.74 Å². The van der Waals surface area contributed by atoms with Gasteiger partial charge in [0.2, 0.25) is 5.91 Å². The van der Waals surface area contributed by atoms with Crippen molar-refractivity contribution in [2.45, 2.75) is 32.6 Å². The molecule has 0 aliphatic carbocycles. The average molecular weight is 297 g/mol. The van der Waals surface area contributed by atoms with Gasteiger partial charge < -0.3 is 10.1 Å². The first-order valence-electron chi connectivity index (χ1n) is 7.77. The molecule has 0 bridgehead atoms. The summed E-state index contributed by atoms with van der Waals surface area (Å²) in [5.74, 6) is 0.916. The van der Waals surface area contributed by atoms with Crippen molar-refractivity contribution >= 4 is 11.6 Å². The molecule has 0 fully saturated rings. The van der Waals surface area contributed by atoms with E-state index in [0.717, 1.165) is 17.9 Å². The first kappa shape index (κ1) is 16.1. The summed E-state index contributed by atoms with van der Waals surface area (Å²) in [7, 11) is 0. The molecule has 0 aromatic heterocycles. The molecule has 0 saturated heterocycles. The van der Waals surface area contributed by atoms with Crippen molar-refractivity contribution in [1.82, 2.24) is 0 Å². The van der Waals surface area contributed by atoms with Crippen LogP contribution in [0.3, 0.4) is 0 Å². The van der Waals surface area contributed by atoms with Crippen molar-refractivity contribution in [3.63, 3.8) is 0 Å². The van der Waals surface area contributed by atoms with Crippen LogP contribution >= 0.6 is 0 Å². The Morgan fingerprint density at radius 1 is 1.09 bits per heavy atom. The van der Waals surface area contributed by atoms with Gasteiger partial charge in [0, 0.05) is 6.42 Å². The smallest absolute Gasteiger partial charge is 0.225 e. The molecule has 3 heteroatoms. The van der Waals surface area contributed by atoms with Crippen LogP contribution < -0.4 is 10.1 Å². The Balaban J connectivity index is 1.97. The maximum atomic E-state index is 12.3. The predicted octanol–water partition coefficient (Wildman–Crippen LogP) is 4.61. The molecular weight excluding hydrogens is 274 g/mol. The SMILES string of the molecule is CCCOc1ccccc1NC(=O)CC(C)c1ccccc1. The summed E-state index contributed by atoms with van der Waals surface area (Å²) in [6, 6.07) is 17.6. The summed E-state index contributed by atoms with van der Waals surface area (Å²) in [5.41, 5.74) is 1.91. The van der Waals surface area contributed by atoms with Crippen LogP contribution in [0.5, 0.6) is 5.75 Å². The standard InChI is InChI=1S/C19H23NO2/c1-3-13-22-18-12-8-7-11-17(18)20-19(21)14-15(2)16-9-5-4-6-10-16/h4-12,15H,3,13-14H2,1-2H3,(H,20,21). The minimum Gasteiger partial charge on any atom is -0.491 e. The quantitative estimate of drug-likeness (QED) is 0.810. The molecule has 116 valence electrons. The van der Waals surface area contributed by atoms with E-state index < -0.39 is 0 Å². The zero-order valence-corrected chi connectivity index (χ0v) is 13.2. The molecule has 0 aliphatic rings. The van der Waals surface area contributed by atoms with Crippen LogP contribution in [-0.2, 0) is 4.79 Å². The highest BCUT2D eigenvalue weighted by Crippen LogP contribution is 2.25. The average Bonchev–Trinajstić information content (AvgIpc) is 2.54. The minimum absolute atomic E-state index is 0.00361. The first-order valence-corrected chi connectivity index (χ1v) is 7.77. The molecule has 22 heavy (non-hydrogen) atoms. The molecule has 0 heterocycles. The highest BCUT2D eigenvalue weighted by atomic mass is 16.5. The van der Waals surface area contributed by atoms with Crippen molar-refractivity contribution < 1.29 is 9.53 Å². The molecule has 2 aromatic carbocycles. The van der Waals surface area contributed by atoms with E-state index in [-0.39, 0.29) is 11.8 Å². The van der Waals surface area contributed by atoms with Gasteiger partial charge in [0.15, 0.2) is 0 Å². The largest absolute Gasteiger partial charge is 0.491 e. The highest BCUT2D eigenvalue weighted by molar-refractivity contribution is 5.92. The van der Waals surface area contributed by atoms with E-state index in [2.05, 4.69) is 31.3 Å². The first-order chi connectivity index (χ1) is 10.7. The normalized spacial score (nSPS) is 11.7.